The highest BCUT2D eigenvalue weighted by molar-refractivity contribution is 6.07. The topological polar surface area (TPSA) is 294 Å². The molecule has 7 N–H and O–H groups in total. The van der Waals surface area contributed by atoms with Crippen LogP contribution in [0.1, 0.15) is 28.9 Å². The summed E-state index contributed by atoms with van der Waals surface area (Å²) >= 11 is 0. The maximum atomic E-state index is 13.8. The molecule has 3 heterocycles. The summed E-state index contributed by atoms with van der Waals surface area (Å²) < 4.78 is 12.8. The summed E-state index contributed by atoms with van der Waals surface area (Å²) in [5.41, 5.74) is -3.23. The Hall–Kier alpha value is -6.92. The molecule has 1 amide bonds. The number of fused-ring (bicyclic) bond motifs is 2. The first-order valence-electron chi connectivity index (χ1n) is 14.0. The molecule has 0 aliphatic rings. The third kappa shape index (κ3) is 6.66. The van der Waals surface area contributed by atoms with E-state index in [-0.39, 0.29) is 39.7 Å². The Morgan fingerprint density at radius 3 is 2.39 bits per heavy atom. The zero-order chi connectivity index (χ0) is 35.7. The molecular formula is C30H25N5O14. The van der Waals surface area contributed by atoms with Crippen LogP contribution in [-0.2, 0) is 39.3 Å². The van der Waals surface area contributed by atoms with Crippen LogP contribution in [0.2, 0.25) is 0 Å². The number of carbonyl (C=O) groups is 4. The number of carboxylic acids is 2. The second kappa shape index (κ2) is 13.1. The summed E-state index contributed by atoms with van der Waals surface area (Å²) in [6.07, 6.45) is 1.22. The lowest BCUT2D eigenvalue weighted by molar-refractivity contribution is -0.143. The van der Waals surface area contributed by atoms with Crippen LogP contribution in [0.5, 0.6) is 23.0 Å². The first kappa shape index (κ1) is 33.4. The second-order valence-electron chi connectivity index (χ2n) is 10.7. The van der Waals surface area contributed by atoms with Crippen molar-refractivity contribution in [1.29, 1.82) is 0 Å². The van der Waals surface area contributed by atoms with Crippen LogP contribution in [-0.4, -0.2) is 80.1 Å². The lowest BCUT2D eigenvalue weighted by atomic mass is 10.0. The van der Waals surface area contributed by atoms with Crippen molar-refractivity contribution >= 4 is 45.7 Å². The average molecular weight is 680 g/mol. The quantitative estimate of drug-likeness (QED) is 0.0739. The summed E-state index contributed by atoms with van der Waals surface area (Å²) in [5.74, 6) is -7.69. The summed E-state index contributed by atoms with van der Waals surface area (Å²) in [4.78, 5) is 74.6. The Kier molecular flexibility index (Phi) is 8.91. The number of benzene rings is 2. The van der Waals surface area contributed by atoms with Crippen molar-refractivity contribution in [1.82, 2.24) is 24.9 Å². The van der Waals surface area contributed by atoms with Gasteiger partial charge in [-0.25, -0.2) is 14.3 Å². The lowest BCUT2D eigenvalue weighted by Gasteiger charge is -2.13. The molecule has 0 aliphatic carbocycles. The number of aliphatic carboxylic acids is 2. The first-order chi connectivity index (χ1) is 23.2. The summed E-state index contributed by atoms with van der Waals surface area (Å²) in [6.45, 7) is -1.16. The van der Waals surface area contributed by atoms with Gasteiger partial charge in [-0.05, 0) is 18.6 Å². The number of hydrogen-bond acceptors (Lipinski definition) is 14. The molecule has 0 bridgehead atoms. The van der Waals surface area contributed by atoms with Crippen LogP contribution in [0, 0.1) is 0 Å². The van der Waals surface area contributed by atoms with Gasteiger partial charge in [0.05, 0.1) is 28.2 Å². The number of amides is 1. The van der Waals surface area contributed by atoms with Crippen molar-refractivity contribution in [3.05, 3.63) is 68.6 Å². The third-order valence-electron chi connectivity index (χ3n) is 7.36. The van der Waals surface area contributed by atoms with E-state index in [4.69, 9.17) is 14.3 Å². The highest BCUT2D eigenvalue weighted by Crippen LogP contribution is 2.36. The van der Waals surface area contributed by atoms with E-state index in [9.17, 15) is 54.3 Å². The number of phenols is 4. The number of carboxylic acid groups (broad SMARTS) is 2. The molecule has 3 aromatic heterocycles. The van der Waals surface area contributed by atoms with Gasteiger partial charge in [0.2, 0.25) is 11.3 Å². The fourth-order valence-electron chi connectivity index (χ4n) is 4.94. The number of aromatic hydroxyl groups is 4. The smallest absolute Gasteiger partial charge is 0.343 e. The Bertz CT molecular complexity index is 2310. The average Bonchev–Trinajstić information content (AvgIpc) is 3.49. The number of esters is 1. The van der Waals surface area contributed by atoms with Gasteiger partial charge in [0.25, 0.3) is 5.56 Å². The van der Waals surface area contributed by atoms with E-state index in [0.29, 0.717) is 0 Å². The van der Waals surface area contributed by atoms with Crippen molar-refractivity contribution in [3.8, 4) is 34.1 Å². The van der Waals surface area contributed by atoms with E-state index in [1.165, 1.54) is 25.4 Å². The SMILES string of the molecule is Cn1c(=O)c(-c2coc3cc(O)c(O)c(C(=O)OCc4cn(CC(=O)NC(CCC(=O)O)C(=O)O)nn4)c3c2=O)cc2cc(O)c(O)cc21. The molecule has 0 spiro atoms. The fraction of sp³-hybridized carbons (Fsp3) is 0.200. The number of hydrogen-bond donors (Lipinski definition) is 7. The molecule has 1 atom stereocenters. The minimum atomic E-state index is -1.47. The van der Waals surface area contributed by atoms with Crippen LogP contribution in [0.4, 0.5) is 0 Å². The lowest BCUT2D eigenvalue weighted by Crippen LogP contribution is -2.42. The van der Waals surface area contributed by atoms with Gasteiger partial charge in [-0.2, -0.15) is 0 Å². The van der Waals surface area contributed by atoms with E-state index in [1.54, 1.807) is 0 Å². The summed E-state index contributed by atoms with van der Waals surface area (Å²) in [6, 6.07) is 2.98. The van der Waals surface area contributed by atoms with E-state index < -0.39 is 94.4 Å². The molecule has 0 saturated carbocycles. The third-order valence-corrected chi connectivity index (χ3v) is 7.36. The van der Waals surface area contributed by atoms with E-state index in [2.05, 4.69) is 15.6 Å². The van der Waals surface area contributed by atoms with Crippen LogP contribution >= 0.6 is 0 Å². The minimum absolute atomic E-state index is 0.0348. The van der Waals surface area contributed by atoms with Gasteiger partial charge in [-0.3, -0.25) is 19.2 Å². The monoisotopic (exact) mass is 679 g/mol. The van der Waals surface area contributed by atoms with Crippen LogP contribution in [0.15, 0.2) is 50.7 Å². The van der Waals surface area contributed by atoms with Gasteiger partial charge in [0.1, 0.15) is 42.3 Å². The molecular weight excluding hydrogens is 654 g/mol. The second-order valence-corrected chi connectivity index (χ2v) is 10.7. The van der Waals surface area contributed by atoms with Crippen molar-refractivity contribution in [2.24, 2.45) is 7.05 Å². The molecule has 0 aliphatic heterocycles. The number of ether oxygens (including phenoxy) is 1. The van der Waals surface area contributed by atoms with Crippen LogP contribution < -0.4 is 16.3 Å². The molecule has 0 radical (unpaired) electrons. The maximum Gasteiger partial charge on any atom is 0.343 e. The number of carbonyl (C=O) groups excluding carboxylic acids is 2. The molecule has 5 rings (SSSR count). The van der Waals surface area contributed by atoms with E-state index >= 15 is 0 Å². The number of pyridine rings is 1. The molecule has 1 unspecified atom stereocenters. The Morgan fingerprint density at radius 1 is 0.980 bits per heavy atom. The highest BCUT2D eigenvalue weighted by Gasteiger charge is 2.27. The molecule has 2 aromatic carbocycles. The van der Waals surface area contributed by atoms with Crippen LogP contribution in [0.25, 0.3) is 33.0 Å². The first-order valence-corrected chi connectivity index (χ1v) is 14.0. The zero-order valence-electron chi connectivity index (χ0n) is 25.1. The Morgan fingerprint density at radius 2 is 1.69 bits per heavy atom. The molecule has 0 fully saturated rings. The molecule has 5 aromatic rings. The minimum Gasteiger partial charge on any atom is -0.504 e. The Labute approximate surface area is 271 Å². The number of aryl methyl sites for hydroxylation is 1. The molecule has 19 nitrogen and oxygen atoms in total. The predicted octanol–water partition coefficient (Wildman–Crippen LogP) is 0.517. The van der Waals surface area contributed by atoms with E-state index in [1.807, 2.05) is 0 Å². The summed E-state index contributed by atoms with van der Waals surface area (Å²) in [5, 5.41) is 68.0. The van der Waals surface area contributed by atoms with Gasteiger partial charge >= 0.3 is 17.9 Å². The maximum absolute atomic E-state index is 13.8. The van der Waals surface area contributed by atoms with Gasteiger partial charge in [0, 0.05) is 31.0 Å². The molecule has 0 saturated heterocycles. The van der Waals surface area contributed by atoms with E-state index in [0.717, 1.165) is 27.6 Å². The predicted molar refractivity (Wildman–Crippen MR) is 163 cm³/mol. The standard InChI is InChI=1S/C30H25N5O14/c1-34-17-6-19(37)18(36)5-12(17)4-14(28(34)44)15-11-48-21-7-20(38)27(43)25(24(21)26(15)42)30(47)49-10-13-8-35(33-32-13)9-22(39)31-16(29(45)46)2-3-23(40)41/h4-8,11,16,36-38,43H,2-3,9-10H2,1H3,(H,31,39)(H,40,41)(H,45,46). The number of nitrogens with zero attached hydrogens (tertiary/aromatic N) is 4. The number of aromatic nitrogens is 4. The number of rotatable bonds is 11. The largest absolute Gasteiger partial charge is 0.504 e. The summed E-state index contributed by atoms with van der Waals surface area (Å²) in [7, 11) is 1.36. The number of nitrogens with one attached hydrogen (secondary N) is 1. The normalized spacial score (nSPS) is 11.8. The molecule has 254 valence electrons. The van der Waals surface area contributed by atoms with Crippen LogP contribution in [0.3, 0.4) is 0 Å². The fourth-order valence-corrected chi connectivity index (χ4v) is 4.94. The Balaban J connectivity index is 1.41. The number of phenolic OH excluding ortho intramolecular Hbond substituents is 4. The molecule has 19 heteroatoms. The van der Waals surface area contributed by atoms with Gasteiger partial charge in [-0.15, -0.1) is 5.10 Å². The zero-order valence-corrected chi connectivity index (χ0v) is 25.1. The van der Waals surface area contributed by atoms with Gasteiger partial charge < -0.3 is 49.7 Å². The van der Waals surface area contributed by atoms with Crippen molar-refractivity contribution in [2.75, 3.05) is 0 Å². The van der Waals surface area contributed by atoms with Gasteiger partial charge in [-0.1, -0.05) is 5.21 Å². The van der Waals surface area contributed by atoms with Crippen molar-refractivity contribution in [2.45, 2.75) is 32.0 Å². The van der Waals surface area contributed by atoms with Crippen molar-refractivity contribution in [3.63, 3.8) is 0 Å². The van der Waals surface area contributed by atoms with Gasteiger partial charge in [0.15, 0.2) is 23.0 Å². The molecule has 49 heavy (non-hydrogen) atoms. The highest BCUT2D eigenvalue weighted by atomic mass is 16.5. The van der Waals surface area contributed by atoms with Crippen molar-refractivity contribution < 1.29 is 59.0 Å².